The molecule has 1 aromatic carbocycles. The Labute approximate surface area is 118 Å². The number of carbonyl (C=O) groups excluding carboxylic acids is 2. The molecule has 0 aliphatic carbocycles. The summed E-state index contributed by atoms with van der Waals surface area (Å²) >= 11 is 0. The number of ether oxygens (including phenoxy) is 2. The highest BCUT2D eigenvalue weighted by Crippen LogP contribution is 2.11. The summed E-state index contributed by atoms with van der Waals surface area (Å²) in [5.74, 6) is -4.53. The largest absolute Gasteiger partial charge is 0.478 e. The maximum absolute atomic E-state index is 11.8. The maximum atomic E-state index is 11.8. The number of hydrogen-bond acceptors (Lipinski definition) is 6. The topological polar surface area (TPSA) is 127 Å². The van der Waals surface area contributed by atoms with Crippen LogP contribution in [0.5, 0.6) is 0 Å². The zero-order valence-corrected chi connectivity index (χ0v) is 10.9. The first-order valence-corrected chi connectivity index (χ1v) is 5.69. The fourth-order valence-electron chi connectivity index (χ4n) is 1.43. The van der Waals surface area contributed by atoms with Crippen molar-refractivity contribution in [2.45, 2.75) is 19.1 Å². The van der Waals surface area contributed by atoms with Crippen LogP contribution in [0.1, 0.15) is 15.9 Å². The zero-order chi connectivity index (χ0) is 16.0. The summed E-state index contributed by atoms with van der Waals surface area (Å²) in [6.07, 6.45) is -4.28. The number of hydrogen-bond donors (Lipinski definition) is 2. The van der Waals surface area contributed by atoms with Gasteiger partial charge < -0.3 is 19.7 Å². The molecule has 0 fully saturated rings. The van der Waals surface area contributed by atoms with Gasteiger partial charge in [-0.2, -0.15) is 0 Å². The van der Waals surface area contributed by atoms with Gasteiger partial charge in [-0.15, -0.1) is 0 Å². The third-order valence-electron chi connectivity index (χ3n) is 2.49. The third-order valence-corrected chi connectivity index (χ3v) is 2.49. The van der Waals surface area contributed by atoms with Crippen molar-refractivity contribution >= 4 is 24.4 Å². The molecule has 112 valence electrons. The number of rotatable bonds is 7. The van der Waals surface area contributed by atoms with Crippen molar-refractivity contribution < 1.29 is 38.9 Å². The number of carboxylic acid groups (broad SMARTS) is 2. The molecular weight excluding hydrogens is 284 g/mol. The van der Waals surface area contributed by atoms with Crippen LogP contribution in [0.3, 0.4) is 0 Å². The molecule has 0 aromatic heterocycles. The van der Waals surface area contributed by atoms with E-state index in [0.29, 0.717) is 0 Å². The lowest BCUT2D eigenvalue weighted by atomic mass is 10.1. The highest BCUT2D eigenvalue weighted by atomic mass is 16.6. The van der Waals surface area contributed by atoms with Gasteiger partial charge >= 0.3 is 17.9 Å². The van der Waals surface area contributed by atoms with E-state index in [9.17, 15) is 19.2 Å². The molecule has 0 heterocycles. The second-order valence-electron chi connectivity index (χ2n) is 4.02. The van der Waals surface area contributed by atoms with E-state index in [0.717, 1.165) is 5.56 Å². The van der Waals surface area contributed by atoms with Crippen molar-refractivity contribution in [1.29, 1.82) is 0 Å². The van der Waals surface area contributed by atoms with Crippen LogP contribution >= 0.6 is 0 Å². The third kappa shape index (κ3) is 4.30. The summed E-state index contributed by atoms with van der Waals surface area (Å²) in [6, 6.07) is 5.99. The van der Waals surface area contributed by atoms with E-state index in [2.05, 4.69) is 9.47 Å². The highest BCUT2D eigenvalue weighted by molar-refractivity contribution is 5.93. The average molecular weight is 296 g/mol. The van der Waals surface area contributed by atoms with Crippen LogP contribution in [0.15, 0.2) is 24.3 Å². The minimum atomic E-state index is -2.15. The van der Waals surface area contributed by atoms with Gasteiger partial charge in [0, 0.05) is 0 Å². The summed E-state index contributed by atoms with van der Waals surface area (Å²) < 4.78 is 8.76. The second kappa shape index (κ2) is 7.04. The Hall–Kier alpha value is -2.90. The first kappa shape index (κ1) is 16.2. The zero-order valence-electron chi connectivity index (χ0n) is 10.9. The predicted octanol–water partition coefficient (Wildman–Crippen LogP) is 0.231. The SMILES string of the molecule is Cc1ccc(C(=O)OC(C(=O)O)C(OC=O)C(=O)O)cc1. The van der Waals surface area contributed by atoms with Gasteiger partial charge in [0.15, 0.2) is 0 Å². The molecule has 0 aliphatic heterocycles. The molecule has 8 heteroatoms. The fourth-order valence-corrected chi connectivity index (χ4v) is 1.43. The van der Waals surface area contributed by atoms with Gasteiger partial charge in [-0.05, 0) is 19.1 Å². The van der Waals surface area contributed by atoms with Gasteiger partial charge in [0.25, 0.3) is 6.47 Å². The number of aliphatic carboxylic acids is 2. The maximum Gasteiger partial charge on any atom is 0.349 e. The predicted molar refractivity (Wildman–Crippen MR) is 66.6 cm³/mol. The van der Waals surface area contributed by atoms with E-state index in [4.69, 9.17) is 10.2 Å². The summed E-state index contributed by atoms with van der Waals surface area (Å²) in [5.41, 5.74) is 0.913. The Bertz CT molecular complexity index is 548. The summed E-state index contributed by atoms with van der Waals surface area (Å²) in [5, 5.41) is 17.7. The van der Waals surface area contributed by atoms with E-state index in [1.54, 1.807) is 19.1 Å². The van der Waals surface area contributed by atoms with Crippen LogP contribution in [0.25, 0.3) is 0 Å². The van der Waals surface area contributed by atoms with Gasteiger partial charge in [-0.3, -0.25) is 4.79 Å². The van der Waals surface area contributed by atoms with Crippen LogP contribution in [0.4, 0.5) is 0 Å². The van der Waals surface area contributed by atoms with E-state index in [1.807, 2.05) is 0 Å². The van der Waals surface area contributed by atoms with Crippen molar-refractivity contribution in [1.82, 2.24) is 0 Å². The molecule has 0 aliphatic rings. The Morgan fingerprint density at radius 1 is 1.05 bits per heavy atom. The molecular formula is C13H12O8. The summed E-state index contributed by atoms with van der Waals surface area (Å²) in [4.78, 5) is 43.9. The van der Waals surface area contributed by atoms with Crippen LogP contribution in [0.2, 0.25) is 0 Å². The van der Waals surface area contributed by atoms with Gasteiger partial charge in [-0.25, -0.2) is 14.4 Å². The van der Waals surface area contributed by atoms with Crippen molar-refractivity contribution in [3.8, 4) is 0 Å². The molecule has 1 aromatic rings. The molecule has 8 nitrogen and oxygen atoms in total. The average Bonchev–Trinajstić information content (AvgIpc) is 2.42. The lowest BCUT2D eigenvalue weighted by Gasteiger charge is -2.19. The van der Waals surface area contributed by atoms with Crippen LogP contribution in [-0.4, -0.2) is 46.8 Å². The van der Waals surface area contributed by atoms with Crippen molar-refractivity contribution in [3.05, 3.63) is 35.4 Å². The quantitative estimate of drug-likeness (QED) is 0.540. The Morgan fingerprint density at radius 3 is 2.00 bits per heavy atom. The molecule has 2 N–H and O–H groups in total. The van der Waals surface area contributed by atoms with Crippen molar-refractivity contribution in [3.63, 3.8) is 0 Å². The molecule has 2 atom stereocenters. The standard InChI is InChI=1S/C13H12O8/c1-7-2-4-8(5-3-7)13(19)21-10(12(17)18)9(11(15)16)20-6-14/h2-6,9-10H,1H3,(H,15,16)(H,17,18). The summed E-state index contributed by atoms with van der Waals surface area (Å²) in [7, 11) is 0. The van der Waals surface area contributed by atoms with Crippen LogP contribution in [-0.2, 0) is 23.9 Å². The van der Waals surface area contributed by atoms with E-state index in [1.165, 1.54) is 12.1 Å². The Balaban J connectivity index is 2.94. The number of aryl methyl sites for hydroxylation is 1. The molecule has 0 spiro atoms. The smallest absolute Gasteiger partial charge is 0.349 e. The molecule has 0 amide bonds. The Morgan fingerprint density at radius 2 is 1.57 bits per heavy atom. The highest BCUT2D eigenvalue weighted by Gasteiger charge is 2.39. The van der Waals surface area contributed by atoms with Gasteiger partial charge in [0.2, 0.25) is 12.2 Å². The van der Waals surface area contributed by atoms with Crippen LogP contribution in [0, 0.1) is 6.92 Å². The Kier molecular flexibility index (Phi) is 5.41. The van der Waals surface area contributed by atoms with Gasteiger partial charge in [-0.1, -0.05) is 17.7 Å². The van der Waals surface area contributed by atoms with E-state index >= 15 is 0 Å². The minimum Gasteiger partial charge on any atom is -0.478 e. The van der Waals surface area contributed by atoms with Crippen LogP contribution < -0.4 is 0 Å². The molecule has 0 radical (unpaired) electrons. The first-order valence-electron chi connectivity index (χ1n) is 5.69. The molecule has 1 rings (SSSR count). The lowest BCUT2D eigenvalue weighted by Crippen LogP contribution is -2.44. The van der Waals surface area contributed by atoms with Gasteiger partial charge in [0.1, 0.15) is 0 Å². The number of benzene rings is 1. The first-order chi connectivity index (χ1) is 9.86. The van der Waals surface area contributed by atoms with E-state index in [-0.39, 0.29) is 12.0 Å². The van der Waals surface area contributed by atoms with E-state index < -0.39 is 30.1 Å². The molecule has 0 bridgehead atoms. The minimum absolute atomic E-state index is 0.0436. The van der Waals surface area contributed by atoms with Crippen molar-refractivity contribution in [2.24, 2.45) is 0 Å². The van der Waals surface area contributed by atoms with Crippen molar-refractivity contribution in [2.75, 3.05) is 0 Å². The van der Waals surface area contributed by atoms with Gasteiger partial charge in [0.05, 0.1) is 5.56 Å². The lowest BCUT2D eigenvalue weighted by molar-refractivity contribution is -0.173. The molecule has 2 unspecified atom stereocenters. The number of carbonyl (C=O) groups is 4. The summed E-state index contributed by atoms with van der Waals surface area (Å²) in [6.45, 7) is 1.56. The normalized spacial score (nSPS) is 12.8. The molecule has 0 saturated heterocycles. The second-order valence-corrected chi connectivity index (χ2v) is 4.02. The molecule has 0 saturated carbocycles. The molecule has 21 heavy (non-hydrogen) atoms. The fraction of sp³-hybridized carbons (Fsp3) is 0.231. The number of carboxylic acids is 2. The number of esters is 1. The monoisotopic (exact) mass is 296 g/mol.